The molecule has 1 aliphatic rings. The van der Waals surface area contributed by atoms with Crippen molar-refractivity contribution in [3.8, 4) is 11.5 Å². The van der Waals surface area contributed by atoms with E-state index in [1.807, 2.05) is 12.1 Å². The van der Waals surface area contributed by atoms with Crippen LogP contribution in [0.5, 0.6) is 11.5 Å². The highest BCUT2D eigenvalue weighted by Crippen LogP contribution is 2.31. The summed E-state index contributed by atoms with van der Waals surface area (Å²) >= 11 is 6.02. The van der Waals surface area contributed by atoms with Crippen molar-refractivity contribution in [3.63, 3.8) is 0 Å². The van der Waals surface area contributed by atoms with Gasteiger partial charge in [-0.2, -0.15) is 0 Å². The Morgan fingerprint density at radius 3 is 2.46 bits per heavy atom. The fourth-order valence-corrected chi connectivity index (χ4v) is 4.49. The van der Waals surface area contributed by atoms with E-state index in [0.717, 1.165) is 31.2 Å². The van der Waals surface area contributed by atoms with Gasteiger partial charge in [-0.15, -0.1) is 0 Å². The minimum Gasteiger partial charge on any atom is -0.495 e. The second kappa shape index (κ2) is 8.29. The van der Waals surface area contributed by atoms with Crippen molar-refractivity contribution >= 4 is 21.6 Å². The van der Waals surface area contributed by atoms with Crippen LogP contribution in [0.4, 0.5) is 0 Å². The first-order chi connectivity index (χ1) is 12.5. The van der Waals surface area contributed by atoms with Gasteiger partial charge in [0, 0.05) is 6.54 Å². The Morgan fingerprint density at radius 2 is 1.77 bits per heavy atom. The molecule has 0 saturated heterocycles. The number of fused-ring (bicyclic) bond motifs is 1. The van der Waals surface area contributed by atoms with Gasteiger partial charge < -0.3 is 9.47 Å². The standard InChI is InChI=1S/C19H22ClNO4S/c1-24-18-12-14-6-2-3-7-15(14)13-19(18)26(22,23)21-10-11-25-17-9-5-4-8-16(17)20/h4-5,8-9,12-13,21H,2-3,6-7,10-11H2,1H3. The molecule has 0 bridgehead atoms. The number of hydrogen-bond donors (Lipinski definition) is 1. The van der Waals surface area contributed by atoms with E-state index in [1.165, 1.54) is 12.7 Å². The summed E-state index contributed by atoms with van der Waals surface area (Å²) in [7, 11) is -2.20. The van der Waals surface area contributed by atoms with Crippen molar-refractivity contribution in [2.75, 3.05) is 20.3 Å². The van der Waals surface area contributed by atoms with E-state index in [2.05, 4.69) is 4.72 Å². The molecule has 140 valence electrons. The number of nitrogens with one attached hydrogen (secondary N) is 1. The lowest BCUT2D eigenvalue weighted by Gasteiger charge is -2.19. The van der Waals surface area contributed by atoms with Crippen LogP contribution in [0.25, 0.3) is 0 Å². The Labute approximate surface area is 159 Å². The number of rotatable bonds is 7. The van der Waals surface area contributed by atoms with E-state index in [1.54, 1.807) is 24.3 Å². The number of hydrogen-bond acceptors (Lipinski definition) is 4. The average molecular weight is 396 g/mol. The number of halogens is 1. The van der Waals surface area contributed by atoms with Crippen molar-refractivity contribution < 1.29 is 17.9 Å². The van der Waals surface area contributed by atoms with E-state index in [0.29, 0.717) is 16.5 Å². The molecule has 2 aromatic rings. The highest BCUT2D eigenvalue weighted by Gasteiger charge is 2.23. The molecule has 0 radical (unpaired) electrons. The van der Waals surface area contributed by atoms with Gasteiger partial charge in [0.25, 0.3) is 0 Å². The fourth-order valence-electron chi connectivity index (χ4n) is 3.09. The number of ether oxygens (including phenoxy) is 2. The zero-order valence-corrected chi connectivity index (χ0v) is 16.2. The summed E-state index contributed by atoms with van der Waals surface area (Å²) in [5.74, 6) is 0.907. The van der Waals surface area contributed by atoms with E-state index in [4.69, 9.17) is 21.1 Å². The van der Waals surface area contributed by atoms with Gasteiger partial charge in [0.2, 0.25) is 10.0 Å². The maximum Gasteiger partial charge on any atom is 0.244 e. The Morgan fingerprint density at radius 1 is 1.08 bits per heavy atom. The molecule has 0 unspecified atom stereocenters. The quantitative estimate of drug-likeness (QED) is 0.727. The van der Waals surface area contributed by atoms with Crippen LogP contribution in [0.15, 0.2) is 41.3 Å². The molecule has 0 saturated carbocycles. The average Bonchev–Trinajstić information content (AvgIpc) is 2.65. The van der Waals surface area contributed by atoms with E-state index in [9.17, 15) is 8.42 Å². The number of aryl methyl sites for hydroxylation is 2. The Hall–Kier alpha value is -1.76. The summed E-state index contributed by atoms with van der Waals surface area (Å²) in [4.78, 5) is 0.179. The van der Waals surface area contributed by atoms with E-state index in [-0.39, 0.29) is 18.0 Å². The van der Waals surface area contributed by atoms with Crippen LogP contribution in [0.3, 0.4) is 0 Å². The molecule has 0 atom stereocenters. The van der Waals surface area contributed by atoms with Gasteiger partial charge in [-0.3, -0.25) is 0 Å². The molecule has 0 fully saturated rings. The largest absolute Gasteiger partial charge is 0.495 e. The number of para-hydroxylation sites is 1. The highest BCUT2D eigenvalue weighted by atomic mass is 35.5. The lowest BCUT2D eigenvalue weighted by molar-refractivity contribution is 0.323. The first-order valence-electron chi connectivity index (χ1n) is 8.58. The van der Waals surface area contributed by atoms with Crippen LogP contribution in [-0.2, 0) is 22.9 Å². The third-order valence-electron chi connectivity index (χ3n) is 4.41. The molecular weight excluding hydrogens is 374 g/mol. The van der Waals surface area contributed by atoms with Crippen molar-refractivity contribution in [1.82, 2.24) is 4.72 Å². The maximum absolute atomic E-state index is 12.7. The number of methoxy groups -OCH3 is 1. The van der Waals surface area contributed by atoms with E-state index >= 15 is 0 Å². The smallest absolute Gasteiger partial charge is 0.244 e. The van der Waals surface area contributed by atoms with Crippen LogP contribution in [0.2, 0.25) is 5.02 Å². The van der Waals surface area contributed by atoms with Crippen molar-refractivity contribution in [1.29, 1.82) is 0 Å². The van der Waals surface area contributed by atoms with Gasteiger partial charge in [0.05, 0.1) is 12.1 Å². The summed E-state index contributed by atoms with van der Waals surface area (Å²) < 4.78 is 38.8. The Kier molecular flexibility index (Phi) is 6.06. The van der Waals surface area contributed by atoms with Crippen LogP contribution >= 0.6 is 11.6 Å². The normalized spacial score (nSPS) is 13.9. The molecule has 5 nitrogen and oxygen atoms in total. The zero-order valence-electron chi connectivity index (χ0n) is 14.6. The van der Waals surface area contributed by atoms with Gasteiger partial charge in [0.1, 0.15) is 23.0 Å². The van der Waals surface area contributed by atoms with E-state index < -0.39 is 10.0 Å². The fraction of sp³-hybridized carbons (Fsp3) is 0.368. The van der Waals surface area contributed by atoms with Gasteiger partial charge in [-0.25, -0.2) is 13.1 Å². The Balaban J connectivity index is 1.69. The van der Waals surface area contributed by atoms with Crippen LogP contribution in [0.1, 0.15) is 24.0 Å². The maximum atomic E-state index is 12.7. The number of benzene rings is 2. The lowest BCUT2D eigenvalue weighted by atomic mass is 9.92. The molecular formula is C19H22ClNO4S. The van der Waals surface area contributed by atoms with Crippen LogP contribution < -0.4 is 14.2 Å². The lowest BCUT2D eigenvalue weighted by Crippen LogP contribution is -2.29. The summed E-state index contributed by atoms with van der Waals surface area (Å²) in [5, 5.41) is 0.492. The minimum absolute atomic E-state index is 0.133. The second-order valence-corrected chi connectivity index (χ2v) is 8.30. The van der Waals surface area contributed by atoms with Gasteiger partial charge in [-0.05, 0) is 61.1 Å². The first kappa shape index (κ1) is 19.0. The highest BCUT2D eigenvalue weighted by molar-refractivity contribution is 7.89. The third kappa shape index (κ3) is 4.31. The molecule has 1 aliphatic carbocycles. The summed E-state index contributed by atoms with van der Waals surface area (Å²) in [6.45, 7) is 0.310. The molecule has 1 N–H and O–H groups in total. The van der Waals surface area contributed by atoms with Crippen molar-refractivity contribution in [2.45, 2.75) is 30.6 Å². The second-order valence-electron chi connectivity index (χ2n) is 6.16. The molecule has 7 heteroatoms. The van der Waals surface area contributed by atoms with Gasteiger partial charge >= 0.3 is 0 Å². The van der Waals surface area contributed by atoms with Crippen LogP contribution in [-0.4, -0.2) is 28.7 Å². The summed E-state index contributed by atoms with van der Waals surface area (Å²) in [6.07, 6.45) is 4.07. The van der Waals surface area contributed by atoms with Gasteiger partial charge in [-0.1, -0.05) is 23.7 Å². The minimum atomic E-state index is -3.69. The first-order valence-corrected chi connectivity index (χ1v) is 10.4. The SMILES string of the molecule is COc1cc2c(cc1S(=O)(=O)NCCOc1ccccc1Cl)CCCC2. The molecule has 0 aromatic heterocycles. The molecule has 0 spiro atoms. The van der Waals surface area contributed by atoms with Crippen LogP contribution in [0, 0.1) is 0 Å². The Bertz CT molecular complexity index is 883. The van der Waals surface area contributed by atoms with Crippen molar-refractivity contribution in [2.24, 2.45) is 0 Å². The molecule has 0 aliphatic heterocycles. The zero-order chi connectivity index (χ0) is 18.6. The van der Waals surface area contributed by atoms with Crippen molar-refractivity contribution in [3.05, 3.63) is 52.5 Å². The molecule has 2 aromatic carbocycles. The molecule has 3 rings (SSSR count). The third-order valence-corrected chi connectivity index (χ3v) is 6.20. The monoisotopic (exact) mass is 395 g/mol. The topological polar surface area (TPSA) is 64.6 Å². The molecule has 0 amide bonds. The van der Waals surface area contributed by atoms with Gasteiger partial charge in [0.15, 0.2) is 0 Å². The molecule has 0 heterocycles. The summed E-state index contributed by atoms with van der Waals surface area (Å²) in [6, 6.07) is 10.7. The number of sulfonamides is 1. The molecule has 26 heavy (non-hydrogen) atoms. The predicted molar refractivity (Wildman–Crippen MR) is 102 cm³/mol. The predicted octanol–water partition coefficient (Wildman–Crippen LogP) is 3.58. The summed E-state index contributed by atoms with van der Waals surface area (Å²) in [5.41, 5.74) is 2.26.